The minimum absolute atomic E-state index is 0.443. The molecule has 1 aromatic carbocycles. The molecule has 0 atom stereocenters. The van der Waals surface area contributed by atoms with Crippen molar-refractivity contribution in [3.63, 3.8) is 0 Å². The van der Waals surface area contributed by atoms with Crippen molar-refractivity contribution in [1.82, 2.24) is 9.97 Å². The van der Waals surface area contributed by atoms with E-state index in [1.807, 2.05) is 11.9 Å². The lowest BCUT2D eigenvalue weighted by Gasteiger charge is -2.18. The van der Waals surface area contributed by atoms with E-state index in [-0.39, 0.29) is 0 Å². The predicted octanol–water partition coefficient (Wildman–Crippen LogP) is 2.00. The molecule has 2 aromatic rings. The summed E-state index contributed by atoms with van der Waals surface area (Å²) >= 11 is 0. The fourth-order valence-corrected chi connectivity index (χ4v) is 1.60. The average Bonchev–Trinajstić information content (AvgIpc) is 2.32. The maximum Gasteiger partial charge on any atom is 0.149 e. The number of aryl methyl sites for hydroxylation is 1. The molecule has 88 valence electrons. The van der Waals surface area contributed by atoms with Crippen LogP contribution in [0, 0.1) is 6.92 Å². The molecule has 0 radical (unpaired) electrons. The van der Waals surface area contributed by atoms with Gasteiger partial charge >= 0.3 is 0 Å². The van der Waals surface area contributed by atoms with Crippen LogP contribution in [0.2, 0.25) is 0 Å². The van der Waals surface area contributed by atoms with Crippen LogP contribution >= 0.6 is 0 Å². The van der Waals surface area contributed by atoms with Gasteiger partial charge in [-0.1, -0.05) is 29.8 Å². The van der Waals surface area contributed by atoms with Crippen LogP contribution in [0.3, 0.4) is 0 Å². The number of rotatable bonds is 3. The zero-order valence-electron chi connectivity index (χ0n) is 10.1. The minimum atomic E-state index is 0.443. The Kier molecular flexibility index (Phi) is 3.23. The highest BCUT2D eigenvalue weighted by Gasteiger charge is 2.04. The van der Waals surface area contributed by atoms with Gasteiger partial charge in [0, 0.05) is 13.6 Å². The van der Waals surface area contributed by atoms with E-state index in [9.17, 15) is 0 Å². The highest BCUT2D eigenvalue weighted by Crippen LogP contribution is 2.13. The van der Waals surface area contributed by atoms with Gasteiger partial charge in [-0.25, -0.2) is 4.98 Å². The molecular formula is C13H16N4. The van der Waals surface area contributed by atoms with Crippen molar-refractivity contribution in [2.75, 3.05) is 17.7 Å². The molecule has 2 N–H and O–H groups in total. The van der Waals surface area contributed by atoms with E-state index in [1.54, 1.807) is 12.4 Å². The monoisotopic (exact) mass is 228 g/mol. The Morgan fingerprint density at radius 1 is 1.18 bits per heavy atom. The van der Waals surface area contributed by atoms with E-state index in [1.165, 1.54) is 11.1 Å². The van der Waals surface area contributed by atoms with E-state index >= 15 is 0 Å². The molecule has 1 heterocycles. The summed E-state index contributed by atoms with van der Waals surface area (Å²) < 4.78 is 0. The van der Waals surface area contributed by atoms with Crippen molar-refractivity contribution in [3.05, 3.63) is 47.8 Å². The normalized spacial score (nSPS) is 10.2. The molecule has 0 aliphatic rings. The molecule has 0 unspecified atom stereocenters. The molecule has 2 rings (SSSR count). The van der Waals surface area contributed by atoms with Gasteiger partial charge in [0.2, 0.25) is 0 Å². The standard InChI is InChI=1S/C13H16N4/c1-10-3-5-11(6-4-10)9-17(2)13-8-15-7-12(14)16-13/h3-8H,9H2,1-2H3,(H2,14,16). The van der Waals surface area contributed by atoms with E-state index in [4.69, 9.17) is 5.73 Å². The second-order valence-electron chi connectivity index (χ2n) is 4.14. The molecule has 0 amide bonds. The Morgan fingerprint density at radius 2 is 1.88 bits per heavy atom. The largest absolute Gasteiger partial charge is 0.382 e. The third kappa shape index (κ3) is 2.93. The maximum atomic E-state index is 5.61. The summed E-state index contributed by atoms with van der Waals surface area (Å²) in [7, 11) is 1.98. The number of hydrogen-bond donors (Lipinski definition) is 1. The second kappa shape index (κ2) is 4.82. The van der Waals surface area contributed by atoms with Gasteiger partial charge in [0.05, 0.1) is 12.4 Å². The lowest BCUT2D eigenvalue weighted by Crippen LogP contribution is -2.18. The van der Waals surface area contributed by atoms with Crippen LogP contribution < -0.4 is 10.6 Å². The summed E-state index contributed by atoms with van der Waals surface area (Å²) in [5.41, 5.74) is 8.11. The Morgan fingerprint density at radius 3 is 2.53 bits per heavy atom. The first-order valence-corrected chi connectivity index (χ1v) is 5.49. The molecule has 0 saturated heterocycles. The van der Waals surface area contributed by atoms with Gasteiger partial charge < -0.3 is 10.6 Å². The molecular weight excluding hydrogens is 212 g/mol. The quantitative estimate of drug-likeness (QED) is 0.873. The molecule has 17 heavy (non-hydrogen) atoms. The Bertz CT molecular complexity index is 493. The van der Waals surface area contributed by atoms with Crippen LogP contribution in [0.25, 0.3) is 0 Å². The summed E-state index contributed by atoms with van der Waals surface area (Å²) in [6.07, 6.45) is 3.26. The van der Waals surface area contributed by atoms with Crippen molar-refractivity contribution < 1.29 is 0 Å². The Hall–Kier alpha value is -2.10. The number of aromatic nitrogens is 2. The molecule has 1 aromatic heterocycles. The van der Waals surface area contributed by atoms with Crippen LogP contribution in [-0.2, 0) is 6.54 Å². The van der Waals surface area contributed by atoms with Crippen LogP contribution in [0.5, 0.6) is 0 Å². The van der Waals surface area contributed by atoms with Crippen LogP contribution in [0.15, 0.2) is 36.7 Å². The predicted molar refractivity (Wildman–Crippen MR) is 69.7 cm³/mol. The fraction of sp³-hybridized carbons (Fsp3) is 0.231. The number of benzene rings is 1. The first kappa shape index (κ1) is 11.4. The van der Waals surface area contributed by atoms with Crippen LogP contribution in [0.4, 0.5) is 11.6 Å². The molecule has 0 aliphatic heterocycles. The molecule has 4 heteroatoms. The second-order valence-corrected chi connectivity index (χ2v) is 4.14. The topological polar surface area (TPSA) is 55.0 Å². The molecule has 4 nitrogen and oxygen atoms in total. The van der Waals surface area contributed by atoms with Gasteiger partial charge in [-0.2, -0.15) is 0 Å². The summed E-state index contributed by atoms with van der Waals surface area (Å²) in [4.78, 5) is 10.3. The average molecular weight is 228 g/mol. The lowest BCUT2D eigenvalue weighted by atomic mass is 10.1. The molecule has 0 saturated carbocycles. The molecule has 0 aliphatic carbocycles. The van der Waals surface area contributed by atoms with Crippen molar-refractivity contribution in [2.45, 2.75) is 13.5 Å². The first-order chi connectivity index (χ1) is 8.15. The number of nitrogens with two attached hydrogens (primary N) is 1. The summed E-state index contributed by atoms with van der Waals surface area (Å²) in [5, 5.41) is 0. The number of hydrogen-bond acceptors (Lipinski definition) is 4. The van der Waals surface area contributed by atoms with Gasteiger partial charge in [-0.3, -0.25) is 4.98 Å². The van der Waals surface area contributed by atoms with Gasteiger partial charge in [-0.15, -0.1) is 0 Å². The SMILES string of the molecule is Cc1ccc(CN(C)c2cncc(N)n2)cc1. The zero-order valence-corrected chi connectivity index (χ0v) is 10.1. The smallest absolute Gasteiger partial charge is 0.149 e. The Balaban J connectivity index is 2.11. The zero-order chi connectivity index (χ0) is 12.3. The van der Waals surface area contributed by atoms with Crippen molar-refractivity contribution in [1.29, 1.82) is 0 Å². The van der Waals surface area contributed by atoms with Crippen LogP contribution in [0.1, 0.15) is 11.1 Å². The van der Waals surface area contributed by atoms with E-state index < -0.39 is 0 Å². The molecule has 0 bridgehead atoms. The number of nitrogens with zero attached hydrogens (tertiary/aromatic N) is 3. The number of nitrogen functional groups attached to an aromatic ring is 1. The van der Waals surface area contributed by atoms with E-state index in [2.05, 4.69) is 41.2 Å². The first-order valence-electron chi connectivity index (χ1n) is 5.49. The summed E-state index contributed by atoms with van der Waals surface area (Å²) in [5.74, 6) is 1.23. The lowest BCUT2D eigenvalue weighted by molar-refractivity contribution is 0.891. The van der Waals surface area contributed by atoms with Gasteiger partial charge in [0.15, 0.2) is 0 Å². The highest BCUT2D eigenvalue weighted by molar-refractivity contribution is 5.41. The summed E-state index contributed by atoms with van der Waals surface area (Å²) in [6.45, 7) is 2.87. The Labute approximate surface area is 101 Å². The van der Waals surface area contributed by atoms with Crippen molar-refractivity contribution in [2.24, 2.45) is 0 Å². The van der Waals surface area contributed by atoms with Crippen molar-refractivity contribution in [3.8, 4) is 0 Å². The molecule has 0 spiro atoms. The third-order valence-corrected chi connectivity index (χ3v) is 2.57. The fourth-order valence-electron chi connectivity index (χ4n) is 1.60. The molecule has 0 fully saturated rings. The maximum absolute atomic E-state index is 5.61. The highest BCUT2D eigenvalue weighted by atomic mass is 15.2. The van der Waals surface area contributed by atoms with Crippen molar-refractivity contribution >= 4 is 11.6 Å². The van der Waals surface area contributed by atoms with Crippen LogP contribution in [-0.4, -0.2) is 17.0 Å². The van der Waals surface area contributed by atoms with E-state index in [0.29, 0.717) is 5.82 Å². The van der Waals surface area contributed by atoms with Gasteiger partial charge in [-0.05, 0) is 12.5 Å². The third-order valence-electron chi connectivity index (χ3n) is 2.57. The minimum Gasteiger partial charge on any atom is -0.382 e. The van der Waals surface area contributed by atoms with E-state index in [0.717, 1.165) is 12.4 Å². The summed E-state index contributed by atoms with van der Waals surface area (Å²) in [6, 6.07) is 8.44. The van der Waals surface area contributed by atoms with Gasteiger partial charge in [0.1, 0.15) is 11.6 Å². The van der Waals surface area contributed by atoms with Gasteiger partial charge in [0.25, 0.3) is 0 Å². The number of anilines is 2.